The molecule has 3 aromatic rings. The van der Waals surface area contributed by atoms with E-state index in [0.717, 1.165) is 23.8 Å². The van der Waals surface area contributed by atoms with Gasteiger partial charge in [-0.1, -0.05) is 49.0 Å². The second kappa shape index (κ2) is 6.59. The number of benzene rings is 2. The molecule has 1 heterocycles. The fraction of sp³-hybridized carbons (Fsp3) is 0.176. The lowest BCUT2D eigenvalue weighted by atomic mass is 10.1. The van der Waals surface area contributed by atoms with Crippen LogP contribution >= 0.6 is 11.8 Å². The van der Waals surface area contributed by atoms with Crippen molar-refractivity contribution in [1.82, 2.24) is 9.97 Å². The second-order valence-electron chi connectivity index (χ2n) is 4.78. The van der Waals surface area contributed by atoms with Crippen LogP contribution in [0, 0.1) is 0 Å². The molecule has 0 bridgehead atoms. The molecule has 2 aromatic carbocycles. The topological polar surface area (TPSA) is 37.8 Å². The van der Waals surface area contributed by atoms with Crippen LogP contribution in [-0.2, 0) is 0 Å². The lowest BCUT2D eigenvalue weighted by molar-refractivity contribution is 0.948. The fourth-order valence-corrected chi connectivity index (χ4v) is 2.91. The molecule has 0 amide bonds. The molecule has 4 heteroatoms. The largest absolute Gasteiger partial charge is 0.369 e. The Morgan fingerprint density at radius 1 is 1.05 bits per heavy atom. The van der Waals surface area contributed by atoms with Crippen molar-refractivity contribution in [3.05, 3.63) is 54.9 Å². The van der Waals surface area contributed by atoms with E-state index in [0.29, 0.717) is 0 Å². The first-order valence-electron chi connectivity index (χ1n) is 7.08. The molecule has 0 radical (unpaired) electrons. The molecule has 0 atom stereocenters. The number of aromatic nitrogens is 2. The second-order valence-corrected chi connectivity index (χ2v) is 5.87. The van der Waals surface area contributed by atoms with Gasteiger partial charge in [0.25, 0.3) is 0 Å². The van der Waals surface area contributed by atoms with Gasteiger partial charge in [0.2, 0.25) is 0 Å². The molecule has 0 fully saturated rings. The SMILES string of the molecule is CCCNc1cncc(Sc2ccc3ccccc3c2)n1. The molecule has 0 saturated heterocycles. The molecular formula is C17H17N3S. The minimum atomic E-state index is 0.836. The lowest BCUT2D eigenvalue weighted by Crippen LogP contribution is -2.02. The van der Waals surface area contributed by atoms with Crippen LogP contribution in [0.3, 0.4) is 0 Å². The number of nitrogens with zero attached hydrogens (tertiary/aromatic N) is 2. The molecule has 0 saturated carbocycles. The van der Waals surface area contributed by atoms with Crippen LogP contribution in [0.5, 0.6) is 0 Å². The first-order valence-corrected chi connectivity index (χ1v) is 7.89. The Kier molecular flexibility index (Phi) is 4.36. The molecule has 0 aliphatic heterocycles. The maximum absolute atomic E-state index is 4.57. The monoisotopic (exact) mass is 295 g/mol. The summed E-state index contributed by atoms with van der Waals surface area (Å²) in [6, 6.07) is 14.8. The van der Waals surface area contributed by atoms with Gasteiger partial charge in [-0.3, -0.25) is 4.98 Å². The van der Waals surface area contributed by atoms with Crippen LogP contribution in [0.1, 0.15) is 13.3 Å². The Hall–Kier alpha value is -2.07. The minimum Gasteiger partial charge on any atom is -0.369 e. The first kappa shape index (κ1) is 13.9. The summed E-state index contributed by atoms with van der Waals surface area (Å²) in [5, 5.41) is 6.67. The molecule has 1 N–H and O–H groups in total. The van der Waals surface area contributed by atoms with Crippen molar-refractivity contribution < 1.29 is 0 Å². The van der Waals surface area contributed by atoms with Gasteiger partial charge < -0.3 is 5.32 Å². The predicted octanol–water partition coefficient (Wildman–Crippen LogP) is 4.60. The number of anilines is 1. The summed E-state index contributed by atoms with van der Waals surface area (Å²) in [5.41, 5.74) is 0. The van der Waals surface area contributed by atoms with Gasteiger partial charge in [-0.25, -0.2) is 4.98 Å². The zero-order valence-corrected chi connectivity index (χ0v) is 12.7. The van der Waals surface area contributed by atoms with Crippen LogP contribution in [0.25, 0.3) is 10.8 Å². The minimum absolute atomic E-state index is 0.836. The Morgan fingerprint density at radius 3 is 2.76 bits per heavy atom. The quantitative estimate of drug-likeness (QED) is 0.746. The third-order valence-electron chi connectivity index (χ3n) is 3.11. The lowest BCUT2D eigenvalue weighted by Gasteiger charge is -2.06. The smallest absolute Gasteiger partial charge is 0.145 e. The average molecular weight is 295 g/mol. The van der Waals surface area contributed by atoms with Gasteiger partial charge >= 0.3 is 0 Å². The molecule has 1 aromatic heterocycles. The van der Waals surface area contributed by atoms with Gasteiger partial charge in [0.05, 0.1) is 12.4 Å². The summed E-state index contributed by atoms with van der Waals surface area (Å²) in [4.78, 5) is 10.0. The zero-order chi connectivity index (χ0) is 14.5. The number of nitrogens with one attached hydrogen (secondary N) is 1. The summed E-state index contributed by atoms with van der Waals surface area (Å²) < 4.78 is 0. The fourth-order valence-electron chi connectivity index (χ4n) is 2.09. The van der Waals surface area contributed by atoms with E-state index in [9.17, 15) is 0 Å². The van der Waals surface area contributed by atoms with Crippen molar-refractivity contribution in [2.24, 2.45) is 0 Å². The van der Waals surface area contributed by atoms with Gasteiger partial charge in [0.1, 0.15) is 10.8 Å². The highest BCUT2D eigenvalue weighted by molar-refractivity contribution is 7.99. The van der Waals surface area contributed by atoms with Crippen molar-refractivity contribution in [2.45, 2.75) is 23.3 Å². The first-order chi connectivity index (χ1) is 10.3. The highest BCUT2D eigenvalue weighted by atomic mass is 32.2. The molecule has 0 aliphatic carbocycles. The summed E-state index contributed by atoms with van der Waals surface area (Å²) in [5.74, 6) is 0.836. The van der Waals surface area contributed by atoms with Crippen molar-refractivity contribution >= 4 is 28.4 Å². The number of hydrogen-bond donors (Lipinski definition) is 1. The molecule has 106 valence electrons. The van der Waals surface area contributed by atoms with E-state index in [1.165, 1.54) is 15.7 Å². The van der Waals surface area contributed by atoms with Crippen LogP contribution in [-0.4, -0.2) is 16.5 Å². The number of fused-ring (bicyclic) bond motifs is 1. The Morgan fingerprint density at radius 2 is 1.90 bits per heavy atom. The maximum atomic E-state index is 4.57. The van der Waals surface area contributed by atoms with Crippen molar-refractivity contribution in [2.75, 3.05) is 11.9 Å². The van der Waals surface area contributed by atoms with Crippen LogP contribution in [0.2, 0.25) is 0 Å². The molecule has 3 nitrogen and oxygen atoms in total. The van der Waals surface area contributed by atoms with E-state index >= 15 is 0 Å². The Bertz CT molecular complexity index is 743. The summed E-state index contributed by atoms with van der Waals surface area (Å²) in [7, 11) is 0. The number of rotatable bonds is 5. The maximum Gasteiger partial charge on any atom is 0.145 e. The molecule has 3 rings (SSSR count). The van der Waals surface area contributed by atoms with Crippen LogP contribution in [0.4, 0.5) is 5.82 Å². The molecule has 21 heavy (non-hydrogen) atoms. The Labute approximate surface area is 128 Å². The third-order valence-corrected chi connectivity index (χ3v) is 4.01. The highest BCUT2D eigenvalue weighted by Gasteiger charge is 2.02. The van der Waals surface area contributed by atoms with Gasteiger partial charge in [-0.05, 0) is 29.3 Å². The Balaban J connectivity index is 1.81. The van der Waals surface area contributed by atoms with E-state index in [1.807, 2.05) is 0 Å². The highest BCUT2D eigenvalue weighted by Crippen LogP contribution is 2.29. The van der Waals surface area contributed by atoms with Crippen molar-refractivity contribution in [3.63, 3.8) is 0 Å². The summed E-state index contributed by atoms with van der Waals surface area (Å²) in [6.07, 6.45) is 4.64. The zero-order valence-electron chi connectivity index (χ0n) is 11.9. The van der Waals surface area contributed by atoms with E-state index in [1.54, 1.807) is 24.2 Å². The van der Waals surface area contributed by atoms with Gasteiger partial charge in [-0.15, -0.1) is 0 Å². The van der Waals surface area contributed by atoms with Crippen molar-refractivity contribution in [1.29, 1.82) is 0 Å². The van der Waals surface area contributed by atoms with Crippen LogP contribution < -0.4 is 5.32 Å². The normalized spacial score (nSPS) is 10.7. The van der Waals surface area contributed by atoms with E-state index < -0.39 is 0 Å². The van der Waals surface area contributed by atoms with E-state index in [2.05, 4.69) is 64.7 Å². The van der Waals surface area contributed by atoms with Crippen molar-refractivity contribution in [3.8, 4) is 0 Å². The van der Waals surface area contributed by atoms with E-state index in [-0.39, 0.29) is 0 Å². The molecule has 0 unspecified atom stereocenters. The van der Waals surface area contributed by atoms with Gasteiger partial charge in [-0.2, -0.15) is 0 Å². The molecular weight excluding hydrogens is 278 g/mol. The summed E-state index contributed by atoms with van der Waals surface area (Å²) in [6.45, 7) is 3.05. The van der Waals surface area contributed by atoms with E-state index in [4.69, 9.17) is 0 Å². The summed E-state index contributed by atoms with van der Waals surface area (Å²) >= 11 is 1.64. The number of hydrogen-bond acceptors (Lipinski definition) is 4. The van der Waals surface area contributed by atoms with Gasteiger partial charge in [0, 0.05) is 11.4 Å². The average Bonchev–Trinajstić information content (AvgIpc) is 2.53. The standard InChI is InChI=1S/C17H17N3S/c1-2-9-19-16-11-18-12-17(20-16)21-15-8-7-13-5-3-4-6-14(13)10-15/h3-8,10-12H,2,9H2,1H3,(H,19,20). The molecule has 0 spiro atoms. The van der Waals surface area contributed by atoms with Gasteiger partial charge in [0.15, 0.2) is 0 Å². The third kappa shape index (κ3) is 3.52. The molecule has 0 aliphatic rings. The van der Waals surface area contributed by atoms with Crippen LogP contribution in [0.15, 0.2) is 64.8 Å². The predicted molar refractivity (Wildman–Crippen MR) is 88.9 cm³/mol.